The summed E-state index contributed by atoms with van der Waals surface area (Å²) in [5, 5.41) is 32.0. The van der Waals surface area contributed by atoms with Crippen LogP contribution in [0.3, 0.4) is 0 Å². The molecule has 0 spiro atoms. The Kier molecular flexibility index (Phi) is 11.3. The van der Waals surface area contributed by atoms with Crippen LogP contribution in [0.25, 0.3) is 0 Å². The number of aliphatic hydroxyl groups is 2. The number of nitrogens with zero attached hydrogens (tertiary/aromatic N) is 3. The number of hydroxylamine groups is 3. The van der Waals surface area contributed by atoms with E-state index in [1.54, 1.807) is 32.3 Å². The van der Waals surface area contributed by atoms with Crippen LogP contribution in [0.4, 0.5) is 4.79 Å². The van der Waals surface area contributed by atoms with Crippen LogP contribution in [0.1, 0.15) is 58.6 Å². The summed E-state index contributed by atoms with van der Waals surface area (Å²) in [5.41, 5.74) is 0.252. The highest BCUT2D eigenvalue weighted by molar-refractivity contribution is 5.70. The van der Waals surface area contributed by atoms with Gasteiger partial charge in [-0.2, -0.15) is 4.65 Å². The van der Waals surface area contributed by atoms with Crippen molar-refractivity contribution in [2.45, 2.75) is 76.8 Å². The molecule has 226 valence electrons. The molecule has 1 amide bonds. The van der Waals surface area contributed by atoms with Crippen molar-refractivity contribution < 1.29 is 39.1 Å². The Bertz CT molecular complexity index is 1110. The van der Waals surface area contributed by atoms with E-state index in [4.69, 9.17) is 9.47 Å². The van der Waals surface area contributed by atoms with E-state index in [0.29, 0.717) is 26.2 Å². The van der Waals surface area contributed by atoms with E-state index in [1.165, 1.54) is 4.90 Å². The number of amides is 1. The third-order valence-electron chi connectivity index (χ3n) is 7.88. The van der Waals surface area contributed by atoms with Crippen LogP contribution in [0.5, 0.6) is 0 Å². The molecule has 0 unspecified atom stereocenters. The molecule has 1 saturated heterocycles. The summed E-state index contributed by atoms with van der Waals surface area (Å²) in [6.07, 6.45) is 7.78. The number of cyclic esters (lactones) is 1. The monoisotopic (exact) mass is 572 g/mol. The van der Waals surface area contributed by atoms with Gasteiger partial charge in [-0.05, 0) is 50.5 Å². The Morgan fingerprint density at radius 1 is 1.29 bits per heavy atom. The maximum absolute atomic E-state index is 13.0. The number of carbonyl (C=O) groups excluding carboxylic acids is 2. The number of pyridine rings is 1. The largest absolute Gasteiger partial charge is 0.457 e. The second-order valence-corrected chi connectivity index (χ2v) is 11.8. The molecular weight excluding hydrogens is 526 g/mol. The van der Waals surface area contributed by atoms with Gasteiger partial charge in [0.1, 0.15) is 24.8 Å². The van der Waals surface area contributed by atoms with Gasteiger partial charge in [-0.1, -0.05) is 44.2 Å². The Morgan fingerprint density at radius 2 is 2.00 bits per heavy atom. The molecule has 1 aromatic heterocycles. The molecule has 0 radical (unpaired) electrons. The number of hydrogen-bond donors (Lipinski definition) is 3. The summed E-state index contributed by atoms with van der Waals surface area (Å²) in [4.78, 5) is 31.6. The fourth-order valence-corrected chi connectivity index (χ4v) is 4.93. The summed E-state index contributed by atoms with van der Waals surface area (Å²) < 4.78 is 11.5. The quantitative estimate of drug-likeness (QED) is 0.211. The minimum atomic E-state index is -1.49. The Balaban J connectivity index is 1.81. The van der Waals surface area contributed by atoms with E-state index in [1.807, 2.05) is 57.2 Å². The van der Waals surface area contributed by atoms with Gasteiger partial charge in [0.05, 0.1) is 32.7 Å². The molecule has 10 nitrogen and oxygen atoms in total. The topological polar surface area (TPSA) is 129 Å². The number of ether oxygens (including phenoxy) is 2. The number of esters is 1. The lowest BCUT2D eigenvalue weighted by molar-refractivity contribution is -1.09. The van der Waals surface area contributed by atoms with E-state index in [-0.39, 0.29) is 35.7 Å². The second kappa shape index (κ2) is 14.2. The SMILES string of the molecule is C/C(=C\C=C\[C@@H](C)c1ccccn1)[C@H]1OC(=O)C[C@H](O)CC[C@@](C)(O)[C@@H](OC(=O)N2CC[N+](C)(O)CC2)/C=C/[C@@H]1C. The molecule has 0 aromatic carbocycles. The van der Waals surface area contributed by atoms with Gasteiger partial charge < -0.3 is 19.7 Å². The summed E-state index contributed by atoms with van der Waals surface area (Å²) in [6, 6.07) is 5.78. The number of aliphatic hydroxyl groups excluding tert-OH is 1. The van der Waals surface area contributed by atoms with Crippen LogP contribution in [-0.2, 0) is 14.3 Å². The molecule has 0 aliphatic carbocycles. The minimum Gasteiger partial charge on any atom is -0.457 e. The summed E-state index contributed by atoms with van der Waals surface area (Å²) in [6.45, 7) is 8.77. The molecule has 0 saturated carbocycles. The number of likely N-dealkylation sites (N-methyl/N-ethyl adjacent to an activating group) is 1. The summed E-state index contributed by atoms with van der Waals surface area (Å²) >= 11 is 0. The van der Waals surface area contributed by atoms with Crippen molar-refractivity contribution in [1.29, 1.82) is 0 Å². The maximum Gasteiger partial charge on any atom is 0.410 e. The molecule has 6 atom stereocenters. The number of allylic oxidation sites excluding steroid dienone is 3. The number of quaternary nitrogens is 1. The molecule has 10 heteroatoms. The van der Waals surface area contributed by atoms with E-state index in [0.717, 1.165) is 11.3 Å². The molecule has 0 bridgehead atoms. The lowest BCUT2D eigenvalue weighted by Crippen LogP contribution is -2.57. The first-order valence-electron chi connectivity index (χ1n) is 14.3. The fraction of sp³-hybridized carbons (Fsp3) is 0.581. The zero-order valence-corrected chi connectivity index (χ0v) is 24.8. The smallest absolute Gasteiger partial charge is 0.410 e. The third-order valence-corrected chi connectivity index (χ3v) is 7.88. The Morgan fingerprint density at radius 3 is 2.66 bits per heavy atom. The predicted molar refractivity (Wildman–Crippen MR) is 154 cm³/mol. The van der Waals surface area contributed by atoms with Crippen LogP contribution in [0, 0.1) is 5.92 Å². The predicted octanol–water partition coefficient (Wildman–Crippen LogP) is 3.74. The molecular formula is C31H46N3O7+. The highest BCUT2D eigenvalue weighted by Crippen LogP contribution is 2.27. The molecule has 2 aliphatic rings. The number of piperazine rings is 1. The van der Waals surface area contributed by atoms with Crippen LogP contribution in [0.15, 0.2) is 60.3 Å². The maximum atomic E-state index is 13.0. The van der Waals surface area contributed by atoms with Gasteiger partial charge in [0, 0.05) is 23.7 Å². The van der Waals surface area contributed by atoms with Crippen LogP contribution >= 0.6 is 0 Å². The highest BCUT2D eigenvalue weighted by atomic mass is 16.6. The molecule has 3 N–H and O–H groups in total. The van der Waals surface area contributed by atoms with Gasteiger partial charge in [0.15, 0.2) is 6.10 Å². The zero-order valence-electron chi connectivity index (χ0n) is 24.8. The van der Waals surface area contributed by atoms with E-state index >= 15 is 0 Å². The number of aromatic nitrogens is 1. The van der Waals surface area contributed by atoms with Crippen LogP contribution in [-0.4, -0.2) is 99.2 Å². The lowest BCUT2D eigenvalue weighted by Gasteiger charge is -2.37. The Labute approximate surface area is 243 Å². The molecule has 1 fully saturated rings. The van der Waals surface area contributed by atoms with Crippen molar-refractivity contribution in [3.63, 3.8) is 0 Å². The van der Waals surface area contributed by atoms with E-state index in [2.05, 4.69) is 4.98 Å². The number of carbonyl (C=O) groups is 2. The average Bonchev–Trinajstić information content (AvgIpc) is 2.92. The van der Waals surface area contributed by atoms with Crippen LogP contribution < -0.4 is 0 Å². The van der Waals surface area contributed by atoms with E-state index in [9.17, 15) is 25.0 Å². The van der Waals surface area contributed by atoms with Gasteiger partial charge in [-0.3, -0.25) is 14.7 Å². The second-order valence-electron chi connectivity index (χ2n) is 11.8. The summed E-state index contributed by atoms with van der Waals surface area (Å²) in [7, 11) is 1.69. The molecule has 3 heterocycles. The fourth-order valence-electron chi connectivity index (χ4n) is 4.93. The number of rotatable bonds is 5. The van der Waals surface area contributed by atoms with Gasteiger partial charge in [-0.15, -0.1) is 0 Å². The third kappa shape index (κ3) is 9.78. The molecule has 3 rings (SSSR count). The molecule has 2 aliphatic heterocycles. The Hall–Kier alpha value is -3.05. The van der Waals surface area contributed by atoms with Crippen molar-refractivity contribution >= 4 is 12.1 Å². The lowest BCUT2D eigenvalue weighted by atomic mass is 9.88. The number of hydrogen-bond acceptors (Lipinski definition) is 8. The van der Waals surface area contributed by atoms with Gasteiger partial charge in [-0.25, -0.2) is 10.0 Å². The standard InChI is InChI=1S/C31H46N3O7/c1-22(26-11-6-7-16-32-26)9-8-10-23(2)29-24(3)12-13-27(31(4,38)15-14-25(35)21-28(36)41-29)40-30(37)33-17-19-34(5,39)20-18-33/h6-13,16,22,24-25,27,29,35,38-39H,14-15,17-21H2,1-5H3/q+1/b9-8+,13-12+,23-10+/t22-,24+,25-,27+,29-,31-/m1/s1. The van der Waals surface area contributed by atoms with Crippen LogP contribution in [0.2, 0.25) is 0 Å². The van der Waals surface area contributed by atoms with Crippen molar-refractivity contribution in [3.8, 4) is 0 Å². The minimum absolute atomic E-state index is 0.0919. The van der Waals surface area contributed by atoms with Gasteiger partial charge >= 0.3 is 12.1 Å². The first kappa shape index (κ1) is 32.5. The first-order chi connectivity index (χ1) is 19.3. The summed E-state index contributed by atoms with van der Waals surface area (Å²) in [5.74, 6) is -0.758. The average molecular weight is 573 g/mol. The van der Waals surface area contributed by atoms with Gasteiger partial charge in [0.2, 0.25) is 0 Å². The zero-order chi connectivity index (χ0) is 30.2. The van der Waals surface area contributed by atoms with Crippen molar-refractivity contribution in [2.75, 3.05) is 33.2 Å². The molecule has 1 aromatic rings. The molecule has 41 heavy (non-hydrogen) atoms. The normalized spacial score (nSPS) is 31.5. The van der Waals surface area contributed by atoms with Gasteiger partial charge in [0.25, 0.3) is 0 Å². The van der Waals surface area contributed by atoms with Crippen molar-refractivity contribution in [1.82, 2.24) is 9.88 Å². The highest BCUT2D eigenvalue weighted by Gasteiger charge is 2.38. The van der Waals surface area contributed by atoms with Crippen molar-refractivity contribution in [3.05, 3.63) is 66.0 Å². The van der Waals surface area contributed by atoms with E-state index < -0.39 is 36.0 Å². The van der Waals surface area contributed by atoms with Crippen molar-refractivity contribution in [2.24, 2.45) is 5.92 Å². The first-order valence-corrected chi connectivity index (χ1v) is 14.3.